The van der Waals surface area contributed by atoms with E-state index >= 15 is 0 Å². The van der Waals surface area contributed by atoms with Crippen LogP contribution in [0.25, 0.3) is 5.76 Å². The van der Waals surface area contributed by atoms with Gasteiger partial charge in [-0.15, -0.1) is 0 Å². The smallest absolute Gasteiger partial charge is 0.295 e. The summed E-state index contributed by atoms with van der Waals surface area (Å²) in [6.45, 7) is 4.02. The number of ketones is 1. The number of fused-ring (bicyclic) bond motifs is 1. The molecule has 0 radical (unpaired) electrons. The van der Waals surface area contributed by atoms with Gasteiger partial charge in [-0.3, -0.25) is 9.59 Å². The Labute approximate surface area is 197 Å². The lowest BCUT2D eigenvalue weighted by Crippen LogP contribution is -2.36. The number of Topliss-reactive ketones (excluding diaryl/α,β-unsaturated/α-hetero) is 1. The van der Waals surface area contributed by atoms with Crippen LogP contribution in [0.3, 0.4) is 0 Å². The van der Waals surface area contributed by atoms with Crippen molar-refractivity contribution in [1.82, 2.24) is 4.90 Å². The maximum Gasteiger partial charge on any atom is 0.295 e. The molecule has 3 aliphatic heterocycles. The fourth-order valence-electron chi connectivity index (χ4n) is 4.74. The molecule has 1 amide bonds. The highest BCUT2D eigenvalue weighted by Crippen LogP contribution is 2.44. The number of rotatable bonds is 6. The van der Waals surface area contributed by atoms with Gasteiger partial charge < -0.3 is 29.0 Å². The minimum Gasteiger partial charge on any atom is -0.507 e. The predicted molar refractivity (Wildman–Crippen MR) is 123 cm³/mol. The summed E-state index contributed by atoms with van der Waals surface area (Å²) in [6, 6.07) is 11.5. The van der Waals surface area contributed by atoms with Crippen molar-refractivity contribution in [1.29, 1.82) is 0 Å². The number of carbonyl (C=O) groups excluding carboxylic acids is 2. The molecular weight excluding hydrogens is 438 g/mol. The van der Waals surface area contributed by atoms with Gasteiger partial charge in [0.2, 0.25) is 0 Å². The Hall–Kier alpha value is -3.52. The number of aliphatic hydroxyl groups excluding tert-OH is 1. The Morgan fingerprint density at radius 1 is 1.09 bits per heavy atom. The molecule has 0 bridgehead atoms. The zero-order valence-electron chi connectivity index (χ0n) is 19.0. The SMILES string of the molecule is CCOc1ccccc1C1/C(=C(\O)c2ccc3c(c2)OCCO3)C(=O)C(=O)N1CC1CCCO1. The monoisotopic (exact) mass is 465 g/mol. The molecule has 2 unspecified atom stereocenters. The molecule has 1 N–H and O–H groups in total. The predicted octanol–water partition coefficient (Wildman–Crippen LogP) is 3.46. The highest BCUT2D eigenvalue weighted by atomic mass is 16.6. The Balaban J connectivity index is 1.63. The summed E-state index contributed by atoms with van der Waals surface area (Å²) in [4.78, 5) is 28.0. The lowest BCUT2D eigenvalue weighted by atomic mass is 9.94. The van der Waals surface area contributed by atoms with Crippen LogP contribution in [0.15, 0.2) is 48.0 Å². The van der Waals surface area contributed by atoms with E-state index in [2.05, 4.69) is 0 Å². The summed E-state index contributed by atoms with van der Waals surface area (Å²) in [7, 11) is 0. The van der Waals surface area contributed by atoms with E-state index in [-0.39, 0.29) is 24.0 Å². The first kappa shape index (κ1) is 22.3. The Bertz CT molecular complexity index is 1140. The number of likely N-dealkylation sites (tertiary alicyclic amines) is 1. The van der Waals surface area contributed by atoms with Crippen molar-refractivity contribution in [3.05, 3.63) is 59.2 Å². The molecule has 0 spiro atoms. The summed E-state index contributed by atoms with van der Waals surface area (Å²) in [6.07, 6.45) is 1.56. The number of hydrogen-bond donors (Lipinski definition) is 1. The van der Waals surface area contributed by atoms with Gasteiger partial charge in [-0.25, -0.2) is 0 Å². The molecule has 5 rings (SSSR count). The first-order valence-corrected chi connectivity index (χ1v) is 11.6. The highest BCUT2D eigenvalue weighted by molar-refractivity contribution is 6.46. The third kappa shape index (κ3) is 3.98. The summed E-state index contributed by atoms with van der Waals surface area (Å²) < 4.78 is 22.8. The number of para-hydroxylation sites is 1. The fraction of sp³-hybridized carbons (Fsp3) is 0.385. The molecular formula is C26H27NO7. The molecule has 2 aromatic rings. The van der Waals surface area contributed by atoms with Crippen molar-refractivity contribution in [3.8, 4) is 17.2 Å². The van der Waals surface area contributed by atoms with E-state index in [1.54, 1.807) is 24.3 Å². The molecule has 2 fully saturated rings. The first-order valence-electron chi connectivity index (χ1n) is 11.6. The second-order valence-corrected chi connectivity index (χ2v) is 8.42. The maximum atomic E-state index is 13.3. The molecule has 0 aromatic heterocycles. The number of nitrogens with zero attached hydrogens (tertiary/aromatic N) is 1. The van der Waals surface area contributed by atoms with Crippen LogP contribution in [0, 0.1) is 0 Å². The minimum atomic E-state index is -0.805. The molecule has 0 saturated carbocycles. The molecule has 0 aliphatic carbocycles. The Morgan fingerprint density at radius 3 is 2.65 bits per heavy atom. The van der Waals surface area contributed by atoms with Crippen molar-refractivity contribution in [2.75, 3.05) is 33.0 Å². The highest BCUT2D eigenvalue weighted by Gasteiger charge is 2.48. The number of hydrogen-bond acceptors (Lipinski definition) is 7. The van der Waals surface area contributed by atoms with Crippen LogP contribution in [0.4, 0.5) is 0 Å². The van der Waals surface area contributed by atoms with Crippen LogP contribution in [0.1, 0.15) is 36.9 Å². The van der Waals surface area contributed by atoms with E-state index in [0.717, 1.165) is 12.8 Å². The maximum absolute atomic E-state index is 13.3. The summed E-state index contributed by atoms with van der Waals surface area (Å²) in [5, 5.41) is 11.4. The molecule has 2 saturated heterocycles. The van der Waals surface area contributed by atoms with Gasteiger partial charge in [0.1, 0.15) is 24.7 Å². The van der Waals surface area contributed by atoms with E-state index in [1.807, 2.05) is 25.1 Å². The van der Waals surface area contributed by atoms with E-state index in [0.29, 0.717) is 54.8 Å². The Morgan fingerprint density at radius 2 is 1.88 bits per heavy atom. The number of benzene rings is 2. The van der Waals surface area contributed by atoms with Gasteiger partial charge in [0, 0.05) is 24.3 Å². The van der Waals surface area contributed by atoms with Gasteiger partial charge in [-0.2, -0.15) is 0 Å². The number of ether oxygens (including phenoxy) is 4. The molecule has 3 heterocycles. The largest absolute Gasteiger partial charge is 0.507 e. The molecule has 2 atom stereocenters. The van der Waals surface area contributed by atoms with Gasteiger partial charge in [0.15, 0.2) is 11.5 Å². The van der Waals surface area contributed by atoms with Crippen molar-refractivity contribution >= 4 is 17.4 Å². The van der Waals surface area contributed by atoms with Crippen LogP contribution in [-0.4, -0.2) is 60.8 Å². The van der Waals surface area contributed by atoms with Gasteiger partial charge in [-0.05, 0) is 44.0 Å². The number of carbonyl (C=O) groups is 2. The van der Waals surface area contributed by atoms with Crippen LogP contribution < -0.4 is 14.2 Å². The third-order valence-corrected chi connectivity index (χ3v) is 6.29. The normalized spacial score (nSPS) is 23.4. The van der Waals surface area contributed by atoms with Gasteiger partial charge in [0.25, 0.3) is 11.7 Å². The summed E-state index contributed by atoms with van der Waals surface area (Å²) in [5.41, 5.74) is 1.03. The number of amides is 1. The molecule has 34 heavy (non-hydrogen) atoms. The fourth-order valence-corrected chi connectivity index (χ4v) is 4.74. The van der Waals surface area contributed by atoms with Crippen LogP contribution in [0.5, 0.6) is 17.2 Å². The van der Waals surface area contributed by atoms with E-state index in [4.69, 9.17) is 18.9 Å². The standard InChI is InChI=1S/C26H27NO7/c1-2-31-19-8-4-3-7-18(19)23-22(25(29)26(30)27(23)15-17-6-5-11-32-17)24(28)16-9-10-20-21(14-16)34-13-12-33-20/h3-4,7-10,14,17,23,28H,2,5-6,11-13,15H2,1H3/b24-22+. The van der Waals surface area contributed by atoms with Gasteiger partial charge in [-0.1, -0.05) is 18.2 Å². The zero-order valence-corrected chi connectivity index (χ0v) is 19.0. The van der Waals surface area contributed by atoms with Crippen LogP contribution in [0.2, 0.25) is 0 Å². The van der Waals surface area contributed by atoms with E-state index in [9.17, 15) is 14.7 Å². The second-order valence-electron chi connectivity index (χ2n) is 8.42. The molecule has 8 heteroatoms. The van der Waals surface area contributed by atoms with Crippen LogP contribution >= 0.6 is 0 Å². The van der Waals surface area contributed by atoms with Crippen molar-refractivity contribution < 1.29 is 33.6 Å². The molecule has 3 aliphatic rings. The van der Waals surface area contributed by atoms with Crippen molar-refractivity contribution in [3.63, 3.8) is 0 Å². The van der Waals surface area contributed by atoms with Crippen LogP contribution in [-0.2, 0) is 14.3 Å². The summed E-state index contributed by atoms with van der Waals surface area (Å²) in [5.74, 6) is -0.0496. The van der Waals surface area contributed by atoms with Gasteiger partial charge in [0.05, 0.1) is 24.3 Å². The lowest BCUT2D eigenvalue weighted by molar-refractivity contribution is -0.140. The quantitative estimate of drug-likeness (QED) is 0.397. The minimum absolute atomic E-state index is 0.0202. The van der Waals surface area contributed by atoms with E-state index in [1.165, 1.54) is 4.90 Å². The summed E-state index contributed by atoms with van der Waals surface area (Å²) >= 11 is 0. The average molecular weight is 466 g/mol. The lowest BCUT2D eigenvalue weighted by Gasteiger charge is -2.28. The molecule has 2 aromatic carbocycles. The molecule has 178 valence electrons. The third-order valence-electron chi connectivity index (χ3n) is 6.29. The van der Waals surface area contributed by atoms with Crippen molar-refractivity contribution in [2.45, 2.75) is 31.9 Å². The second kappa shape index (κ2) is 9.38. The Kier molecular flexibility index (Phi) is 6.15. The average Bonchev–Trinajstić information content (AvgIpc) is 3.46. The zero-order chi connectivity index (χ0) is 23.7. The molecule has 8 nitrogen and oxygen atoms in total. The van der Waals surface area contributed by atoms with E-state index < -0.39 is 17.7 Å². The first-order chi connectivity index (χ1) is 16.6. The number of aliphatic hydroxyl groups is 1. The topological polar surface area (TPSA) is 94.5 Å². The van der Waals surface area contributed by atoms with Gasteiger partial charge >= 0.3 is 0 Å². The van der Waals surface area contributed by atoms with Crippen molar-refractivity contribution in [2.24, 2.45) is 0 Å².